The van der Waals surface area contributed by atoms with Crippen LogP contribution in [0, 0.1) is 11.8 Å². The van der Waals surface area contributed by atoms with E-state index in [-0.39, 0.29) is 0 Å². The highest BCUT2D eigenvalue weighted by molar-refractivity contribution is 6.32. The minimum atomic E-state index is 0.698. The molecule has 2 heteroatoms. The van der Waals surface area contributed by atoms with Crippen LogP contribution in [-0.2, 0) is 12.8 Å². The fraction of sp³-hybridized carbons (Fsp3) is 0.571. The Hall–Kier alpha value is -1.47. The van der Waals surface area contributed by atoms with E-state index in [0.29, 0.717) is 5.02 Å². The first kappa shape index (κ1) is 24.8. The number of rotatable bonds is 14. The lowest BCUT2D eigenvalue weighted by Gasteiger charge is -2.10. The third-order valence-electron chi connectivity index (χ3n) is 5.64. The van der Waals surface area contributed by atoms with Gasteiger partial charge in [-0.2, -0.15) is 0 Å². The number of benzene rings is 2. The Bertz CT molecular complexity index is 718. The highest BCUT2D eigenvalue weighted by atomic mass is 35.5. The van der Waals surface area contributed by atoms with Crippen molar-refractivity contribution in [3.8, 4) is 11.5 Å². The summed E-state index contributed by atoms with van der Waals surface area (Å²) in [4.78, 5) is 0. The average molecular weight is 429 g/mol. The molecule has 0 saturated heterocycles. The SMILES string of the molecule is CC(C)CCCCCc1ccc(Oc2ccc(CCCCCC(C)C)cc2Cl)cc1. The molecule has 0 aliphatic rings. The summed E-state index contributed by atoms with van der Waals surface area (Å²) in [5.41, 5.74) is 2.68. The van der Waals surface area contributed by atoms with Gasteiger partial charge in [-0.3, -0.25) is 0 Å². The Kier molecular flexibility index (Phi) is 11.4. The Morgan fingerprint density at radius 1 is 0.667 bits per heavy atom. The quantitative estimate of drug-likeness (QED) is 0.272. The number of ether oxygens (including phenoxy) is 1. The van der Waals surface area contributed by atoms with Crippen molar-refractivity contribution < 1.29 is 4.74 Å². The molecule has 2 rings (SSSR count). The molecule has 166 valence electrons. The third-order valence-corrected chi connectivity index (χ3v) is 5.94. The Morgan fingerprint density at radius 3 is 1.73 bits per heavy atom. The molecule has 0 bridgehead atoms. The van der Waals surface area contributed by atoms with Gasteiger partial charge in [-0.1, -0.05) is 96.0 Å². The lowest BCUT2D eigenvalue weighted by Crippen LogP contribution is -1.92. The van der Waals surface area contributed by atoms with Crippen molar-refractivity contribution in [2.24, 2.45) is 11.8 Å². The normalized spacial score (nSPS) is 11.4. The van der Waals surface area contributed by atoms with E-state index in [4.69, 9.17) is 16.3 Å². The maximum absolute atomic E-state index is 6.49. The van der Waals surface area contributed by atoms with Crippen LogP contribution in [0.5, 0.6) is 11.5 Å². The molecule has 2 aromatic carbocycles. The van der Waals surface area contributed by atoms with Crippen molar-refractivity contribution in [3.05, 3.63) is 58.6 Å². The maximum Gasteiger partial charge on any atom is 0.146 e. The zero-order valence-corrected chi connectivity index (χ0v) is 20.3. The van der Waals surface area contributed by atoms with Gasteiger partial charge in [0.25, 0.3) is 0 Å². The van der Waals surface area contributed by atoms with Gasteiger partial charge in [-0.25, -0.2) is 0 Å². The van der Waals surface area contributed by atoms with Crippen molar-refractivity contribution in [1.29, 1.82) is 0 Å². The zero-order valence-electron chi connectivity index (χ0n) is 19.6. The van der Waals surface area contributed by atoms with Gasteiger partial charge in [0.05, 0.1) is 5.02 Å². The maximum atomic E-state index is 6.49. The fourth-order valence-electron chi connectivity index (χ4n) is 3.75. The van der Waals surface area contributed by atoms with E-state index in [1.165, 1.54) is 62.5 Å². The molecule has 0 spiro atoms. The van der Waals surface area contributed by atoms with E-state index in [9.17, 15) is 0 Å². The molecule has 30 heavy (non-hydrogen) atoms. The Labute approximate surface area is 190 Å². The minimum Gasteiger partial charge on any atom is -0.456 e. The largest absolute Gasteiger partial charge is 0.456 e. The molecule has 2 aromatic rings. The smallest absolute Gasteiger partial charge is 0.146 e. The van der Waals surface area contributed by atoms with Crippen LogP contribution in [-0.4, -0.2) is 0 Å². The van der Waals surface area contributed by atoms with Crippen LogP contribution in [0.1, 0.15) is 90.2 Å². The summed E-state index contributed by atoms with van der Waals surface area (Å²) in [6.45, 7) is 9.18. The van der Waals surface area contributed by atoms with Gasteiger partial charge < -0.3 is 4.74 Å². The molecule has 0 amide bonds. The van der Waals surface area contributed by atoms with Crippen LogP contribution in [0.2, 0.25) is 5.02 Å². The average Bonchev–Trinajstić information content (AvgIpc) is 2.70. The van der Waals surface area contributed by atoms with Crippen LogP contribution in [0.3, 0.4) is 0 Å². The van der Waals surface area contributed by atoms with E-state index in [0.717, 1.165) is 36.2 Å². The predicted molar refractivity (Wildman–Crippen MR) is 132 cm³/mol. The van der Waals surface area contributed by atoms with E-state index in [2.05, 4.69) is 64.1 Å². The van der Waals surface area contributed by atoms with Gasteiger partial charge >= 0.3 is 0 Å². The Balaban J connectivity index is 1.76. The first-order valence-corrected chi connectivity index (χ1v) is 12.4. The summed E-state index contributed by atoms with van der Waals surface area (Å²) >= 11 is 6.49. The van der Waals surface area contributed by atoms with Crippen molar-refractivity contribution in [2.45, 2.75) is 91.9 Å². The lowest BCUT2D eigenvalue weighted by molar-refractivity contribution is 0.482. The topological polar surface area (TPSA) is 9.23 Å². The predicted octanol–water partition coefficient (Wildman–Crippen LogP) is 9.65. The van der Waals surface area contributed by atoms with Crippen molar-refractivity contribution in [2.75, 3.05) is 0 Å². The highest BCUT2D eigenvalue weighted by Crippen LogP contribution is 2.31. The summed E-state index contributed by atoms with van der Waals surface area (Å²) < 4.78 is 6.03. The molecule has 0 fully saturated rings. The molecule has 0 aliphatic carbocycles. The van der Waals surface area contributed by atoms with Gasteiger partial charge in [0.2, 0.25) is 0 Å². The number of hydrogen-bond donors (Lipinski definition) is 0. The second-order valence-electron chi connectivity index (χ2n) is 9.50. The summed E-state index contributed by atoms with van der Waals surface area (Å²) in [6, 6.07) is 14.7. The van der Waals surface area contributed by atoms with E-state index in [1.807, 2.05) is 6.07 Å². The lowest BCUT2D eigenvalue weighted by atomic mass is 10.0. The molecule has 1 nitrogen and oxygen atoms in total. The van der Waals surface area contributed by atoms with E-state index >= 15 is 0 Å². The van der Waals surface area contributed by atoms with E-state index < -0.39 is 0 Å². The summed E-state index contributed by atoms with van der Waals surface area (Å²) in [5.74, 6) is 3.21. The van der Waals surface area contributed by atoms with Crippen LogP contribution in [0.4, 0.5) is 0 Å². The van der Waals surface area contributed by atoms with E-state index in [1.54, 1.807) is 0 Å². The second kappa shape index (κ2) is 13.8. The standard InChI is InChI=1S/C28H41ClO/c1-22(2)11-7-5-9-13-24-15-18-26(19-16-24)30-28-20-17-25(21-27(28)29)14-10-6-8-12-23(3)4/h15-23H,5-14H2,1-4H3. The molecule has 0 aromatic heterocycles. The molecular weight excluding hydrogens is 388 g/mol. The molecule has 0 saturated carbocycles. The van der Waals surface area contributed by atoms with Crippen molar-refractivity contribution in [3.63, 3.8) is 0 Å². The summed E-state index contributed by atoms with van der Waals surface area (Å²) in [6.07, 6.45) is 12.6. The summed E-state index contributed by atoms with van der Waals surface area (Å²) in [7, 11) is 0. The highest BCUT2D eigenvalue weighted by Gasteiger charge is 2.06. The van der Waals surface area contributed by atoms with Gasteiger partial charge in [-0.05, 0) is 72.9 Å². The number of unbranched alkanes of at least 4 members (excludes halogenated alkanes) is 4. The number of aryl methyl sites for hydroxylation is 2. The molecule has 0 heterocycles. The number of hydrogen-bond acceptors (Lipinski definition) is 1. The number of halogens is 1. The van der Waals surface area contributed by atoms with Gasteiger partial charge in [0.1, 0.15) is 11.5 Å². The summed E-state index contributed by atoms with van der Waals surface area (Å²) in [5, 5.41) is 0.698. The zero-order chi connectivity index (χ0) is 21.8. The molecule has 0 aliphatic heterocycles. The van der Waals surface area contributed by atoms with Crippen LogP contribution in [0.15, 0.2) is 42.5 Å². The third kappa shape index (κ3) is 10.0. The minimum absolute atomic E-state index is 0.698. The monoisotopic (exact) mass is 428 g/mol. The second-order valence-corrected chi connectivity index (χ2v) is 9.90. The molecule has 0 radical (unpaired) electrons. The first-order valence-electron chi connectivity index (χ1n) is 12.0. The fourth-order valence-corrected chi connectivity index (χ4v) is 3.99. The van der Waals surface area contributed by atoms with Crippen LogP contribution in [0.25, 0.3) is 0 Å². The Morgan fingerprint density at radius 2 is 1.20 bits per heavy atom. The molecular formula is C28H41ClO. The van der Waals surface area contributed by atoms with Gasteiger partial charge in [-0.15, -0.1) is 0 Å². The molecule has 0 unspecified atom stereocenters. The van der Waals surface area contributed by atoms with Crippen LogP contribution < -0.4 is 4.74 Å². The van der Waals surface area contributed by atoms with Crippen molar-refractivity contribution in [1.82, 2.24) is 0 Å². The van der Waals surface area contributed by atoms with Gasteiger partial charge in [0, 0.05) is 0 Å². The van der Waals surface area contributed by atoms with Crippen LogP contribution >= 0.6 is 11.6 Å². The first-order chi connectivity index (χ1) is 14.4. The molecule has 0 atom stereocenters. The molecule has 0 N–H and O–H groups in total. The van der Waals surface area contributed by atoms with Crippen molar-refractivity contribution >= 4 is 11.6 Å². The van der Waals surface area contributed by atoms with Gasteiger partial charge in [0.15, 0.2) is 0 Å².